The summed E-state index contributed by atoms with van der Waals surface area (Å²) in [5.74, 6) is 0.687. The summed E-state index contributed by atoms with van der Waals surface area (Å²) in [4.78, 5) is 10.2. The highest BCUT2D eigenvalue weighted by atomic mass is 32.1. The van der Waals surface area contributed by atoms with Crippen LogP contribution in [0.5, 0.6) is 0 Å². The summed E-state index contributed by atoms with van der Waals surface area (Å²) in [7, 11) is 0. The smallest absolute Gasteiger partial charge is 0.235 e. The first kappa shape index (κ1) is 21.8. The van der Waals surface area contributed by atoms with Gasteiger partial charge in [-0.2, -0.15) is 0 Å². The van der Waals surface area contributed by atoms with Gasteiger partial charge in [0.1, 0.15) is 0 Å². The van der Waals surface area contributed by atoms with E-state index in [1.54, 1.807) is 0 Å². The Morgan fingerprint density at radius 3 is 2.30 bits per heavy atom. The minimum atomic E-state index is 0.687. The number of benzene rings is 6. The first-order chi connectivity index (χ1) is 19.8. The molecule has 3 heterocycles. The van der Waals surface area contributed by atoms with Crippen molar-refractivity contribution in [3.8, 4) is 17.1 Å². The number of thiophene rings is 1. The second-order valence-corrected chi connectivity index (χ2v) is 11.3. The summed E-state index contributed by atoms with van der Waals surface area (Å²) in [6.07, 6.45) is 1.98. The Balaban J connectivity index is 1.39. The van der Waals surface area contributed by atoms with Gasteiger partial charge in [-0.05, 0) is 46.8 Å². The highest BCUT2D eigenvalue weighted by Gasteiger charge is 2.18. The van der Waals surface area contributed by atoms with E-state index in [9.17, 15) is 0 Å². The maximum atomic E-state index is 5.17. The third kappa shape index (κ3) is 3.05. The molecule has 0 atom stereocenters. The largest absolute Gasteiger partial charge is 0.277 e. The monoisotopic (exact) mass is 527 g/mol. The summed E-state index contributed by atoms with van der Waals surface area (Å²) >= 11 is 1.86. The Morgan fingerprint density at radius 1 is 0.550 bits per heavy atom. The van der Waals surface area contributed by atoms with E-state index >= 15 is 0 Å². The Morgan fingerprint density at radius 2 is 1.38 bits per heavy atom. The van der Waals surface area contributed by atoms with Crippen molar-refractivity contribution in [1.29, 1.82) is 0 Å². The van der Waals surface area contributed by atoms with Crippen LogP contribution in [-0.4, -0.2) is 14.5 Å². The third-order valence-corrected chi connectivity index (χ3v) is 9.18. The molecular formula is C36H21N3S. The van der Waals surface area contributed by atoms with Gasteiger partial charge >= 0.3 is 0 Å². The zero-order chi connectivity index (χ0) is 26.2. The average molecular weight is 528 g/mol. The van der Waals surface area contributed by atoms with Crippen LogP contribution in [0.2, 0.25) is 0 Å². The zero-order valence-electron chi connectivity index (χ0n) is 21.4. The fraction of sp³-hybridized carbons (Fsp3) is 0. The lowest BCUT2D eigenvalue weighted by atomic mass is 10.0. The number of hydrogen-bond donors (Lipinski definition) is 0. The van der Waals surface area contributed by atoms with Crippen LogP contribution in [0.3, 0.4) is 0 Å². The van der Waals surface area contributed by atoms with Crippen molar-refractivity contribution in [2.24, 2.45) is 0 Å². The van der Waals surface area contributed by atoms with E-state index in [2.05, 4.69) is 120 Å². The van der Waals surface area contributed by atoms with E-state index < -0.39 is 0 Å². The molecule has 0 aliphatic carbocycles. The molecule has 0 aliphatic heterocycles. The van der Waals surface area contributed by atoms with E-state index in [0.29, 0.717) is 5.95 Å². The minimum absolute atomic E-state index is 0.687. The molecule has 0 unspecified atom stereocenters. The Hall–Kier alpha value is -5.06. The van der Waals surface area contributed by atoms with E-state index in [1.807, 2.05) is 23.6 Å². The van der Waals surface area contributed by atoms with Crippen LogP contribution < -0.4 is 0 Å². The van der Waals surface area contributed by atoms with Gasteiger partial charge in [0.2, 0.25) is 5.95 Å². The van der Waals surface area contributed by atoms with Gasteiger partial charge in [0, 0.05) is 47.9 Å². The summed E-state index contributed by atoms with van der Waals surface area (Å²) in [6.45, 7) is 0. The second-order valence-electron chi connectivity index (χ2n) is 10.3. The van der Waals surface area contributed by atoms with Crippen molar-refractivity contribution < 1.29 is 0 Å². The van der Waals surface area contributed by atoms with Crippen LogP contribution in [0.25, 0.3) is 80.7 Å². The van der Waals surface area contributed by atoms with Gasteiger partial charge in [-0.15, -0.1) is 11.3 Å². The molecule has 0 saturated heterocycles. The van der Waals surface area contributed by atoms with Gasteiger partial charge in [-0.25, -0.2) is 9.97 Å². The molecular weight excluding hydrogens is 506 g/mol. The van der Waals surface area contributed by atoms with Gasteiger partial charge in [-0.3, -0.25) is 4.57 Å². The quantitative estimate of drug-likeness (QED) is 0.224. The lowest BCUT2D eigenvalue weighted by Gasteiger charge is -2.11. The summed E-state index contributed by atoms with van der Waals surface area (Å²) in [6, 6.07) is 43.3. The third-order valence-electron chi connectivity index (χ3n) is 8.04. The lowest BCUT2D eigenvalue weighted by Crippen LogP contribution is -2.01. The van der Waals surface area contributed by atoms with Crippen molar-refractivity contribution in [1.82, 2.24) is 14.5 Å². The number of aromatic nitrogens is 3. The van der Waals surface area contributed by atoms with Gasteiger partial charge in [-0.1, -0.05) is 91.0 Å². The molecule has 4 heteroatoms. The SMILES string of the molecule is c1ccc(-c2cccc3nc(-n4c5ccccc5c5ccc6cc7sc8ccccc8c7cc6c54)ncc23)cc1. The van der Waals surface area contributed by atoms with Gasteiger partial charge in [0.05, 0.1) is 16.6 Å². The molecule has 9 aromatic rings. The Labute approximate surface area is 233 Å². The van der Waals surface area contributed by atoms with Crippen LogP contribution in [0.15, 0.2) is 128 Å². The van der Waals surface area contributed by atoms with Crippen LogP contribution in [0.4, 0.5) is 0 Å². The van der Waals surface area contributed by atoms with E-state index in [0.717, 1.165) is 27.5 Å². The van der Waals surface area contributed by atoms with E-state index in [1.165, 1.54) is 47.3 Å². The summed E-state index contributed by atoms with van der Waals surface area (Å²) in [5, 5.41) is 8.51. The molecule has 0 saturated carbocycles. The van der Waals surface area contributed by atoms with Gasteiger partial charge in [0.15, 0.2) is 0 Å². The van der Waals surface area contributed by atoms with Crippen molar-refractivity contribution in [2.45, 2.75) is 0 Å². The van der Waals surface area contributed by atoms with Crippen LogP contribution >= 0.6 is 11.3 Å². The molecule has 40 heavy (non-hydrogen) atoms. The van der Waals surface area contributed by atoms with Crippen molar-refractivity contribution >= 4 is 75.0 Å². The Kier molecular flexibility index (Phi) is 4.48. The molecule has 6 aromatic carbocycles. The zero-order valence-corrected chi connectivity index (χ0v) is 22.2. The summed E-state index contributed by atoms with van der Waals surface area (Å²) < 4.78 is 4.88. The molecule has 3 nitrogen and oxygen atoms in total. The molecule has 0 aliphatic rings. The van der Waals surface area contributed by atoms with Crippen molar-refractivity contribution in [3.63, 3.8) is 0 Å². The summed E-state index contributed by atoms with van der Waals surface area (Å²) in [5.41, 5.74) is 5.50. The maximum Gasteiger partial charge on any atom is 0.235 e. The molecule has 0 fully saturated rings. The second kappa shape index (κ2) is 8.22. The first-order valence-corrected chi connectivity index (χ1v) is 14.2. The molecule has 0 bridgehead atoms. The number of fused-ring (bicyclic) bond motifs is 9. The van der Waals surface area contributed by atoms with Gasteiger partial charge < -0.3 is 0 Å². The van der Waals surface area contributed by atoms with Crippen LogP contribution in [0, 0.1) is 0 Å². The predicted octanol–water partition coefficient (Wildman–Crippen LogP) is 9.91. The molecule has 0 amide bonds. The van der Waals surface area contributed by atoms with Crippen molar-refractivity contribution in [2.75, 3.05) is 0 Å². The number of hydrogen-bond acceptors (Lipinski definition) is 3. The molecule has 0 spiro atoms. The topological polar surface area (TPSA) is 30.7 Å². The highest BCUT2D eigenvalue weighted by Crippen LogP contribution is 2.41. The number of rotatable bonds is 2. The van der Waals surface area contributed by atoms with Crippen molar-refractivity contribution in [3.05, 3.63) is 128 Å². The normalized spacial score (nSPS) is 12.0. The average Bonchev–Trinajstić information content (AvgIpc) is 3.55. The number of para-hydroxylation sites is 1. The highest BCUT2D eigenvalue weighted by molar-refractivity contribution is 7.25. The van der Waals surface area contributed by atoms with E-state index in [4.69, 9.17) is 9.97 Å². The molecule has 0 radical (unpaired) electrons. The number of nitrogens with zero attached hydrogens (tertiary/aromatic N) is 3. The molecule has 9 rings (SSSR count). The minimum Gasteiger partial charge on any atom is -0.277 e. The molecule has 3 aromatic heterocycles. The fourth-order valence-corrected chi connectivity index (χ4v) is 7.37. The maximum absolute atomic E-state index is 5.17. The Bertz CT molecular complexity index is 2430. The standard InChI is InChI=1S/C36H21N3S/c1-2-9-22(10-3-1)24-13-8-14-31-30(24)21-37-36(38-31)39-32-15-6-4-11-25(32)27-18-17-23-19-34-29(20-28(23)35(27)39)26-12-5-7-16-33(26)40-34/h1-21H. The first-order valence-electron chi connectivity index (χ1n) is 13.4. The molecule has 0 N–H and O–H groups in total. The predicted molar refractivity (Wildman–Crippen MR) is 170 cm³/mol. The fourth-order valence-electron chi connectivity index (χ4n) is 6.23. The van der Waals surface area contributed by atoms with E-state index in [-0.39, 0.29) is 0 Å². The van der Waals surface area contributed by atoms with Gasteiger partial charge in [0.25, 0.3) is 0 Å². The van der Waals surface area contributed by atoms with Crippen LogP contribution in [-0.2, 0) is 0 Å². The van der Waals surface area contributed by atoms with Crippen LogP contribution in [0.1, 0.15) is 0 Å². The molecule has 186 valence electrons. The lowest BCUT2D eigenvalue weighted by molar-refractivity contribution is 1.01.